The second-order valence-corrected chi connectivity index (χ2v) is 5.83. The summed E-state index contributed by atoms with van der Waals surface area (Å²) in [5.74, 6) is 7.21. The van der Waals surface area contributed by atoms with E-state index < -0.39 is 0 Å². The van der Waals surface area contributed by atoms with Gasteiger partial charge in [0.15, 0.2) is 0 Å². The number of nitrogens with zero attached hydrogens (tertiary/aromatic N) is 1. The van der Waals surface area contributed by atoms with Gasteiger partial charge >= 0.3 is 0 Å². The van der Waals surface area contributed by atoms with E-state index in [0.717, 1.165) is 19.0 Å². The molecular formula is C16H28N2. The Labute approximate surface area is 113 Å². The van der Waals surface area contributed by atoms with Crippen molar-refractivity contribution in [2.24, 2.45) is 5.92 Å². The maximum Gasteiger partial charge on any atom is 0.0604 e. The molecule has 0 bridgehead atoms. The van der Waals surface area contributed by atoms with Gasteiger partial charge in [0, 0.05) is 25.2 Å². The fourth-order valence-electron chi connectivity index (χ4n) is 3.51. The first-order valence-corrected chi connectivity index (χ1v) is 7.72. The van der Waals surface area contributed by atoms with Crippen molar-refractivity contribution in [1.29, 1.82) is 0 Å². The number of rotatable bonds is 3. The minimum absolute atomic E-state index is 0.686. The van der Waals surface area contributed by atoms with Gasteiger partial charge in [-0.15, -0.1) is 5.92 Å². The number of hydrogen-bond donors (Lipinski definition) is 1. The molecule has 0 aromatic heterocycles. The fraction of sp³-hybridized carbons (Fsp3) is 0.875. The average molecular weight is 248 g/mol. The summed E-state index contributed by atoms with van der Waals surface area (Å²) in [6.45, 7) is 7.56. The summed E-state index contributed by atoms with van der Waals surface area (Å²) in [6.07, 6.45) is 8.43. The molecule has 0 aromatic carbocycles. The first kappa shape index (κ1) is 13.9. The maximum atomic E-state index is 3.81. The molecule has 0 aromatic rings. The molecule has 2 heteroatoms. The molecule has 2 fully saturated rings. The molecule has 1 saturated carbocycles. The van der Waals surface area contributed by atoms with E-state index in [4.69, 9.17) is 0 Å². The number of hydrogen-bond acceptors (Lipinski definition) is 2. The molecule has 2 aliphatic rings. The smallest absolute Gasteiger partial charge is 0.0604 e. The van der Waals surface area contributed by atoms with Gasteiger partial charge in [-0.1, -0.05) is 32.1 Å². The SMILES string of the molecule is CC#CCN1CC(C2CCCCC2)NCC1CC. The van der Waals surface area contributed by atoms with Crippen LogP contribution in [0.2, 0.25) is 0 Å². The molecule has 18 heavy (non-hydrogen) atoms. The first-order chi connectivity index (χ1) is 8.85. The molecule has 1 aliphatic carbocycles. The summed E-state index contributed by atoms with van der Waals surface area (Å²) in [7, 11) is 0. The Kier molecular flexibility index (Phi) is 5.53. The molecular weight excluding hydrogens is 220 g/mol. The molecule has 0 spiro atoms. The van der Waals surface area contributed by atoms with E-state index >= 15 is 0 Å². The molecule has 1 N–H and O–H groups in total. The summed E-state index contributed by atoms with van der Waals surface area (Å²) < 4.78 is 0. The zero-order chi connectivity index (χ0) is 12.8. The van der Waals surface area contributed by atoms with Gasteiger partial charge in [0.1, 0.15) is 0 Å². The van der Waals surface area contributed by atoms with Crippen LogP contribution in [0.15, 0.2) is 0 Å². The van der Waals surface area contributed by atoms with Crippen LogP contribution in [0.5, 0.6) is 0 Å². The Hall–Kier alpha value is -0.520. The molecule has 0 radical (unpaired) electrons. The van der Waals surface area contributed by atoms with Crippen LogP contribution in [0.4, 0.5) is 0 Å². The van der Waals surface area contributed by atoms with E-state index in [1.165, 1.54) is 45.1 Å². The average Bonchev–Trinajstić information content (AvgIpc) is 2.45. The van der Waals surface area contributed by atoms with Gasteiger partial charge in [-0.05, 0) is 32.1 Å². The van der Waals surface area contributed by atoms with Crippen molar-refractivity contribution in [3.63, 3.8) is 0 Å². The van der Waals surface area contributed by atoms with Crippen molar-refractivity contribution >= 4 is 0 Å². The predicted octanol–water partition coefficient (Wildman–Crippen LogP) is 2.64. The van der Waals surface area contributed by atoms with Crippen LogP contribution in [0.3, 0.4) is 0 Å². The molecule has 0 amide bonds. The van der Waals surface area contributed by atoms with Gasteiger partial charge in [0.2, 0.25) is 0 Å². The molecule has 2 atom stereocenters. The predicted molar refractivity (Wildman–Crippen MR) is 77.5 cm³/mol. The van der Waals surface area contributed by atoms with E-state index in [9.17, 15) is 0 Å². The highest BCUT2D eigenvalue weighted by molar-refractivity contribution is 5.01. The van der Waals surface area contributed by atoms with E-state index in [1.54, 1.807) is 0 Å². The van der Waals surface area contributed by atoms with E-state index in [1.807, 2.05) is 6.92 Å². The monoisotopic (exact) mass is 248 g/mol. The highest BCUT2D eigenvalue weighted by Gasteiger charge is 2.31. The minimum Gasteiger partial charge on any atom is -0.311 e. The van der Waals surface area contributed by atoms with E-state index in [2.05, 4.69) is 29.0 Å². The van der Waals surface area contributed by atoms with Gasteiger partial charge in [-0.25, -0.2) is 0 Å². The summed E-state index contributed by atoms with van der Waals surface area (Å²) in [5.41, 5.74) is 0. The van der Waals surface area contributed by atoms with Crippen LogP contribution in [0, 0.1) is 17.8 Å². The van der Waals surface area contributed by atoms with Crippen LogP contribution in [0.1, 0.15) is 52.4 Å². The molecule has 2 unspecified atom stereocenters. The van der Waals surface area contributed by atoms with Crippen molar-refractivity contribution in [3.8, 4) is 11.8 Å². The van der Waals surface area contributed by atoms with Crippen molar-refractivity contribution < 1.29 is 0 Å². The van der Waals surface area contributed by atoms with Gasteiger partial charge in [0.25, 0.3) is 0 Å². The maximum absolute atomic E-state index is 3.81. The Morgan fingerprint density at radius 3 is 2.67 bits per heavy atom. The Bertz CT molecular complexity index is 296. The number of nitrogens with one attached hydrogen (secondary N) is 1. The normalized spacial score (nSPS) is 30.8. The van der Waals surface area contributed by atoms with E-state index in [0.29, 0.717) is 12.1 Å². The van der Waals surface area contributed by atoms with Crippen LogP contribution < -0.4 is 5.32 Å². The first-order valence-electron chi connectivity index (χ1n) is 7.72. The standard InChI is InChI=1S/C16H28N2/c1-3-5-11-18-13-16(17-12-15(18)4-2)14-9-7-6-8-10-14/h14-17H,4,6-13H2,1-2H3. The second kappa shape index (κ2) is 7.16. The third-order valence-corrected chi connectivity index (χ3v) is 4.71. The lowest BCUT2D eigenvalue weighted by molar-refractivity contribution is 0.106. The third kappa shape index (κ3) is 3.49. The third-order valence-electron chi connectivity index (χ3n) is 4.71. The minimum atomic E-state index is 0.686. The second-order valence-electron chi connectivity index (χ2n) is 5.83. The molecule has 102 valence electrons. The summed E-state index contributed by atoms with van der Waals surface area (Å²) in [6, 6.07) is 1.40. The van der Waals surface area contributed by atoms with Crippen LogP contribution in [0.25, 0.3) is 0 Å². The topological polar surface area (TPSA) is 15.3 Å². The Morgan fingerprint density at radius 1 is 1.22 bits per heavy atom. The van der Waals surface area contributed by atoms with Gasteiger partial charge in [0.05, 0.1) is 6.54 Å². The Morgan fingerprint density at radius 2 is 2.00 bits per heavy atom. The van der Waals surface area contributed by atoms with Gasteiger partial charge in [-0.2, -0.15) is 0 Å². The van der Waals surface area contributed by atoms with E-state index in [-0.39, 0.29) is 0 Å². The van der Waals surface area contributed by atoms with Crippen molar-refractivity contribution in [2.75, 3.05) is 19.6 Å². The lowest BCUT2D eigenvalue weighted by Gasteiger charge is -2.43. The van der Waals surface area contributed by atoms with Crippen molar-refractivity contribution in [1.82, 2.24) is 10.2 Å². The van der Waals surface area contributed by atoms with Crippen LogP contribution in [-0.4, -0.2) is 36.6 Å². The highest BCUT2D eigenvalue weighted by atomic mass is 15.2. The summed E-state index contributed by atoms with van der Waals surface area (Å²) >= 11 is 0. The molecule has 1 aliphatic heterocycles. The lowest BCUT2D eigenvalue weighted by Crippen LogP contribution is -2.58. The lowest BCUT2D eigenvalue weighted by atomic mass is 9.82. The van der Waals surface area contributed by atoms with Gasteiger partial charge < -0.3 is 5.32 Å². The fourth-order valence-corrected chi connectivity index (χ4v) is 3.51. The molecule has 2 rings (SSSR count). The Balaban J connectivity index is 1.91. The molecule has 2 nitrogen and oxygen atoms in total. The molecule has 1 saturated heterocycles. The largest absolute Gasteiger partial charge is 0.311 e. The quantitative estimate of drug-likeness (QED) is 0.773. The summed E-state index contributed by atoms with van der Waals surface area (Å²) in [4.78, 5) is 2.60. The van der Waals surface area contributed by atoms with Crippen molar-refractivity contribution in [3.05, 3.63) is 0 Å². The zero-order valence-corrected chi connectivity index (χ0v) is 12.0. The molecule has 1 heterocycles. The van der Waals surface area contributed by atoms with Crippen molar-refractivity contribution in [2.45, 2.75) is 64.5 Å². The zero-order valence-electron chi connectivity index (χ0n) is 12.0. The van der Waals surface area contributed by atoms with Gasteiger partial charge in [-0.3, -0.25) is 4.90 Å². The van der Waals surface area contributed by atoms with Crippen LogP contribution >= 0.6 is 0 Å². The summed E-state index contributed by atoms with van der Waals surface area (Å²) in [5, 5.41) is 3.81. The number of piperazine rings is 1. The highest BCUT2D eigenvalue weighted by Crippen LogP contribution is 2.28. The van der Waals surface area contributed by atoms with Crippen LogP contribution in [-0.2, 0) is 0 Å².